The molecule has 114 valence electrons. The highest BCUT2D eigenvalue weighted by molar-refractivity contribution is 8.06. The molecule has 0 aromatic heterocycles. The summed E-state index contributed by atoms with van der Waals surface area (Å²) in [4.78, 5) is 23.0. The second-order valence-corrected chi connectivity index (χ2v) is 7.24. The van der Waals surface area contributed by atoms with E-state index < -0.39 is 5.97 Å². The van der Waals surface area contributed by atoms with Crippen molar-refractivity contribution in [2.45, 2.75) is 12.2 Å². The van der Waals surface area contributed by atoms with Gasteiger partial charge in [0, 0.05) is 34.7 Å². The van der Waals surface area contributed by atoms with Gasteiger partial charge in [0.05, 0.1) is 5.56 Å². The fourth-order valence-corrected chi connectivity index (χ4v) is 4.64. The van der Waals surface area contributed by atoms with Gasteiger partial charge in [0.15, 0.2) is 0 Å². The highest BCUT2D eigenvalue weighted by Crippen LogP contribution is 2.23. The monoisotopic (exact) mass is 326 g/mol. The molecule has 0 bridgehead atoms. The molecule has 0 aliphatic carbocycles. The summed E-state index contributed by atoms with van der Waals surface area (Å²) in [6.45, 7) is 2.31. The van der Waals surface area contributed by atoms with Crippen LogP contribution >= 0.6 is 23.5 Å². The maximum atomic E-state index is 11.9. The Bertz CT molecular complexity index is 531. The zero-order valence-corrected chi connectivity index (χ0v) is 13.4. The molecule has 1 aliphatic rings. The predicted molar refractivity (Wildman–Crippen MR) is 88.7 cm³/mol. The summed E-state index contributed by atoms with van der Waals surface area (Å²) in [5.41, 5.74) is 1.29. The summed E-state index contributed by atoms with van der Waals surface area (Å²) in [5, 5.41) is 15.1. The Morgan fingerprint density at radius 2 is 2.19 bits per heavy atom. The van der Waals surface area contributed by atoms with Crippen molar-refractivity contribution >= 4 is 41.2 Å². The van der Waals surface area contributed by atoms with Gasteiger partial charge in [0.2, 0.25) is 0 Å². The quantitative estimate of drug-likeness (QED) is 0.793. The van der Waals surface area contributed by atoms with E-state index in [-0.39, 0.29) is 11.6 Å². The lowest BCUT2D eigenvalue weighted by atomic mass is 10.1. The van der Waals surface area contributed by atoms with Gasteiger partial charge in [0.1, 0.15) is 0 Å². The Labute approximate surface area is 132 Å². The molecule has 1 saturated heterocycles. The molecule has 1 aromatic rings. The molecule has 2 amide bonds. The number of carbonyl (C=O) groups is 2. The molecule has 3 N–H and O–H groups in total. The molecule has 1 unspecified atom stereocenters. The van der Waals surface area contributed by atoms with Gasteiger partial charge in [-0.1, -0.05) is 6.07 Å². The van der Waals surface area contributed by atoms with Crippen LogP contribution in [0.5, 0.6) is 0 Å². The van der Waals surface area contributed by atoms with Crippen LogP contribution in [0.4, 0.5) is 10.5 Å². The number of hydrogen-bond acceptors (Lipinski definition) is 4. The Kier molecular flexibility index (Phi) is 5.81. The molecule has 7 heteroatoms. The Hall–Kier alpha value is -1.34. The largest absolute Gasteiger partial charge is 0.478 e. The van der Waals surface area contributed by atoms with Crippen molar-refractivity contribution in [3.63, 3.8) is 0 Å². The van der Waals surface area contributed by atoms with Crippen LogP contribution < -0.4 is 10.6 Å². The summed E-state index contributed by atoms with van der Waals surface area (Å²) in [7, 11) is 0. The number of carboxylic acids is 1. The van der Waals surface area contributed by atoms with Gasteiger partial charge in [-0.05, 0) is 24.6 Å². The number of amides is 2. The minimum absolute atomic E-state index is 0.201. The maximum Gasteiger partial charge on any atom is 0.336 e. The maximum absolute atomic E-state index is 11.9. The van der Waals surface area contributed by atoms with Gasteiger partial charge in [-0.2, -0.15) is 23.5 Å². The zero-order valence-electron chi connectivity index (χ0n) is 11.7. The predicted octanol–water partition coefficient (Wildman–Crippen LogP) is 2.66. The fourth-order valence-electron chi connectivity index (χ4n) is 2.03. The second-order valence-electron chi connectivity index (χ2n) is 4.69. The third kappa shape index (κ3) is 4.57. The fraction of sp³-hybridized carbons (Fsp3) is 0.429. The third-order valence-corrected chi connectivity index (χ3v) is 6.03. The summed E-state index contributed by atoms with van der Waals surface area (Å²) in [6.07, 6.45) is 0. The van der Waals surface area contributed by atoms with Crippen LogP contribution in [0.15, 0.2) is 18.2 Å². The average Bonchev–Trinajstić information content (AvgIpc) is 2.48. The van der Waals surface area contributed by atoms with Crippen molar-refractivity contribution in [1.29, 1.82) is 0 Å². The van der Waals surface area contributed by atoms with E-state index in [9.17, 15) is 9.59 Å². The molecule has 2 rings (SSSR count). The number of carboxylic acid groups (broad SMARTS) is 1. The molecule has 1 fully saturated rings. The lowest BCUT2D eigenvalue weighted by Crippen LogP contribution is -2.36. The van der Waals surface area contributed by atoms with Crippen LogP contribution in [0.1, 0.15) is 15.9 Å². The van der Waals surface area contributed by atoms with Crippen LogP contribution in [-0.4, -0.2) is 46.2 Å². The number of aromatic carboxylic acids is 1. The molecule has 0 saturated carbocycles. The van der Waals surface area contributed by atoms with E-state index in [0.717, 1.165) is 11.5 Å². The smallest absolute Gasteiger partial charge is 0.336 e. The number of urea groups is 1. The number of thioether (sulfide) groups is 2. The standard InChI is InChI=1S/C14H18N2O3S2/c1-9-11(13(17)18)3-2-4-12(9)16-14(19)15-7-10-8-20-5-6-21-10/h2-4,10H,5-8H2,1H3,(H,17,18)(H2,15,16,19). The van der Waals surface area contributed by atoms with Crippen molar-refractivity contribution in [3.05, 3.63) is 29.3 Å². The minimum atomic E-state index is -0.993. The number of carbonyl (C=O) groups excluding carboxylic acids is 1. The van der Waals surface area contributed by atoms with Crippen molar-refractivity contribution in [2.24, 2.45) is 0 Å². The van der Waals surface area contributed by atoms with Crippen LogP contribution in [0, 0.1) is 6.92 Å². The summed E-state index contributed by atoms with van der Waals surface area (Å²) in [6, 6.07) is 4.56. The Morgan fingerprint density at radius 3 is 2.86 bits per heavy atom. The van der Waals surface area contributed by atoms with E-state index in [1.54, 1.807) is 19.1 Å². The normalized spacial score (nSPS) is 18.0. The van der Waals surface area contributed by atoms with Crippen molar-refractivity contribution < 1.29 is 14.7 Å². The van der Waals surface area contributed by atoms with Crippen molar-refractivity contribution in [1.82, 2.24) is 5.32 Å². The van der Waals surface area contributed by atoms with E-state index in [0.29, 0.717) is 23.0 Å². The highest BCUT2D eigenvalue weighted by atomic mass is 32.2. The SMILES string of the molecule is Cc1c(NC(=O)NCC2CSCCS2)cccc1C(=O)O. The summed E-state index contributed by atoms with van der Waals surface area (Å²) >= 11 is 3.79. The van der Waals surface area contributed by atoms with Gasteiger partial charge in [0.25, 0.3) is 0 Å². The number of benzene rings is 1. The van der Waals surface area contributed by atoms with Crippen LogP contribution in [-0.2, 0) is 0 Å². The van der Waals surface area contributed by atoms with Gasteiger partial charge in [-0.3, -0.25) is 0 Å². The van der Waals surface area contributed by atoms with Crippen LogP contribution in [0.3, 0.4) is 0 Å². The molecule has 1 aliphatic heterocycles. The molecule has 1 aromatic carbocycles. The van der Waals surface area contributed by atoms with Crippen molar-refractivity contribution in [2.75, 3.05) is 29.1 Å². The number of anilines is 1. The van der Waals surface area contributed by atoms with Crippen LogP contribution in [0.25, 0.3) is 0 Å². The number of nitrogens with one attached hydrogen (secondary N) is 2. The first-order chi connectivity index (χ1) is 10.1. The molecule has 21 heavy (non-hydrogen) atoms. The number of rotatable bonds is 4. The minimum Gasteiger partial charge on any atom is -0.478 e. The van der Waals surface area contributed by atoms with Crippen LogP contribution in [0.2, 0.25) is 0 Å². The molecule has 0 radical (unpaired) electrons. The number of hydrogen-bond donors (Lipinski definition) is 3. The van der Waals surface area contributed by atoms with E-state index in [4.69, 9.17) is 5.11 Å². The molecular formula is C14H18N2O3S2. The van der Waals surface area contributed by atoms with E-state index in [2.05, 4.69) is 10.6 Å². The first-order valence-corrected chi connectivity index (χ1v) is 8.85. The topological polar surface area (TPSA) is 78.4 Å². The average molecular weight is 326 g/mol. The molecule has 5 nitrogen and oxygen atoms in total. The van der Waals surface area contributed by atoms with Gasteiger partial charge in [-0.25, -0.2) is 9.59 Å². The molecule has 1 atom stereocenters. The Morgan fingerprint density at radius 1 is 1.38 bits per heavy atom. The van der Waals surface area contributed by atoms with E-state index >= 15 is 0 Å². The van der Waals surface area contributed by atoms with Gasteiger partial charge in [-0.15, -0.1) is 0 Å². The molecule has 1 heterocycles. The first-order valence-electron chi connectivity index (χ1n) is 6.65. The summed E-state index contributed by atoms with van der Waals surface area (Å²) < 4.78 is 0. The van der Waals surface area contributed by atoms with Crippen molar-refractivity contribution in [3.8, 4) is 0 Å². The molecule has 0 spiro atoms. The Balaban J connectivity index is 1.90. The lowest BCUT2D eigenvalue weighted by molar-refractivity contribution is 0.0696. The van der Waals surface area contributed by atoms with E-state index in [1.807, 2.05) is 23.5 Å². The third-order valence-electron chi connectivity index (χ3n) is 3.19. The van der Waals surface area contributed by atoms with E-state index in [1.165, 1.54) is 11.8 Å². The second kappa shape index (κ2) is 7.61. The van der Waals surface area contributed by atoms with Gasteiger partial charge < -0.3 is 15.7 Å². The highest BCUT2D eigenvalue weighted by Gasteiger charge is 2.16. The lowest BCUT2D eigenvalue weighted by Gasteiger charge is -2.21. The molecular weight excluding hydrogens is 308 g/mol. The first kappa shape index (κ1) is 16.0. The summed E-state index contributed by atoms with van der Waals surface area (Å²) in [5.74, 6) is 2.36. The van der Waals surface area contributed by atoms with Gasteiger partial charge >= 0.3 is 12.0 Å². The zero-order chi connectivity index (χ0) is 15.2.